The Bertz CT molecular complexity index is 641. The van der Waals surface area contributed by atoms with Gasteiger partial charge in [-0.1, -0.05) is 57.8 Å². The molecule has 2 rings (SSSR count). The summed E-state index contributed by atoms with van der Waals surface area (Å²) in [5.41, 5.74) is 2.68. The molecule has 2 aromatic carbocycles. The molecule has 0 saturated heterocycles. The predicted octanol–water partition coefficient (Wildman–Crippen LogP) is 6.68. The Morgan fingerprint density at radius 2 is 1.16 bits per heavy atom. The number of hydrogen-bond donors (Lipinski definition) is 0. The van der Waals surface area contributed by atoms with E-state index in [1.807, 2.05) is 24.3 Å². The van der Waals surface area contributed by atoms with Gasteiger partial charge in [-0.25, -0.2) is 0 Å². The van der Waals surface area contributed by atoms with E-state index in [1.54, 1.807) is 14.2 Å². The summed E-state index contributed by atoms with van der Waals surface area (Å²) in [4.78, 5) is 0. The Morgan fingerprint density at radius 1 is 0.760 bits per heavy atom. The van der Waals surface area contributed by atoms with Crippen LogP contribution in [0.1, 0.15) is 31.4 Å². The normalized spacial score (nSPS) is 13.4. The standard InChI is InChI=1S/C21H26Br2O2/c1-14(10-16-5-7-18(24-3)12-20(16)22)9-15(2)11-17-6-8-19(25-4)13-21(17)23/h5-8,12-15H,9-11H2,1-4H3. The van der Waals surface area contributed by atoms with Crippen LogP contribution < -0.4 is 9.47 Å². The first-order valence-corrected chi connectivity index (χ1v) is 10.2. The average molecular weight is 470 g/mol. The molecule has 0 radical (unpaired) electrons. The maximum absolute atomic E-state index is 5.27. The van der Waals surface area contributed by atoms with E-state index in [0.717, 1.165) is 33.3 Å². The van der Waals surface area contributed by atoms with Crippen molar-refractivity contribution in [3.05, 3.63) is 56.5 Å². The highest BCUT2D eigenvalue weighted by molar-refractivity contribution is 9.10. The van der Waals surface area contributed by atoms with Crippen molar-refractivity contribution in [3.63, 3.8) is 0 Å². The van der Waals surface area contributed by atoms with Crippen LogP contribution >= 0.6 is 31.9 Å². The van der Waals surface area contributed by atoms with Crippen LogP contribution in [-0.4, -0.2) is 14.2 Å². The second-order valence-electron chi connectivity index (χ2n) is 6.77. The zero-order valence-corrected chi connectivity index (χ0v) is 18.5. The van der Waals surface area contributed by atoms with Gasteiger partial charge >= 0.3 is 0 Å². The SMILES string of the molecule is COc1ccc(CC(C)CC(C)Cc2ccc(OC)cc2Br)c(Br)c1. The van der Waals surface area contributed by atoms with E-state index in [-0.39, 0.29) is 0 Å². The molecule has 136 valence electrons. The van der Waals surface area contributed by atoms with Crippen LogP contribution in [0.4, 0.5) is 0 Å². The fourth-order valence-corrected chi connectivity index (χ4v) is 4.28. The van der Waals surface area contributed by atoms with Gasteiger partial charge in [0.2, 0.25) is 0 Å². The molecule has 0 spiro atoms. The predicted molar refractivity (Wildman–Crippen MR) is 112 cm³/mol. The van der Waals surface area contributed by atoms with Gasteiger partial charge < -0.3 is 9.47 Å². The average Bonchev–Trinajstić information content (AvgIpc) is 2.58. The third-order valence-corrected chi connectivity index (χ3v) is 5.94. The first-order valence-electron chi connectivity index (χ1n) is 8.57. The molecule has 0 bridgehead atoms. The largest absolute Gasteiger partial charge is 0.497 e. The lowest BCUT2D eigenvalue weighted by atomic mass is 9.88. The third-order valence-electron chi connectivity index (χ3n) is 4.46. The molecule has 0 fully saturated rings. The third kappa shape index (κ3) is 6.03. The van der Waals surface area contributed by atoms with Crippen LogP contribution in [0.2, 0.25) is 0 Å². The first kappa shape index (κ1) is 20.3. The van der Waals surface area contributed by atoms with E-state index >= 15 is 0 Å². The number of hydrogen-bond acceptors (Lipinski definition) is 2. The Morgan fingerprint density at radius 3 is 1.48 bits per heavy atom. The molecule has 2 aromatic rings. The van der Waals surface area contributed by atoms with Crippen LogP contribution in [-0.2, 0) is 12.8 Å². The minimum atomic E-state index is 0.622. The molecular weight excluding hydrogens is 444 g/mol. The molecule has 0 aliphatic carbocycles. The fraction of sp³-hybridized carbons (Fsp3) is 0.429. The van der Waals surface area contributed by atoms with Crippen LogP contribution in [0.15, 0.2) is 45.3 Å². The van der Waals surface area contributed by atoms with E-state index < -0.39 is 0 Å². The van der Waals surface area contributed by atoms with Crippen molar-refractivity contribution in [1.82, 2.24) is 0 Å². The van der Waals surface area contributed by atoms with Crippen molar-refractivity contribution < 1.29 is 9.47 Å². The van der Waals surface area contributed by atoms with Crippen LogP contribution in [0, 0.1) is 11.8 Å². The van der Waals surface area contributed by atoms with Gasteiger partial charge in [-0.2, -0.15) is 0 Å². The topological polar surface area (TPSA) is 18.5 Å². The molecule has 0 N–H and O–H groups in total. The second-order valence-corrected chi connectivity index (χ2v) is 8.48. The molecule has 0 amide bonds. The number of ether oxygens (including phenoxy) is 2. The number of benzene rings is 2. The van der Waals surface area contributed by atoms with Crippen LogP contribution in [0.25, 0.3) is 0 Å². The monoisotopic (exact) mass is 468 g/mol. The number of halogens is 2. The van der Waals surface area contributed by atoms with Gasteiger partial charge in [0, 0.05) is 8.95 Å². The van der Waals surface area contributed by atoms with Gasteiger partial charge in [-0.3, -0.25) is 0 Å². The Kier molecular flexibility index (Phi) is 7.82. The van der Waals surface area contributed by atoms with E-state index in [1.165, 1.54) is 17.5 Å². The lowest BCUT2D eigenvalue weighted by Gasteiger charge is -2.19. The van der Waals surface area contributed by atoms with Gasteiger partial charge in [0.25, 0.3) is 0 Å². The lowest BCUT2D eigenvalue weighted by molar-refractivity contribution is 0.405. The molecule has 2 nitrogen and oxygen atoms in total. The summed E-state index contributed by atoms with van der Waals surface area (Å²) >= 11 is 7.32. The molecular formula is C21H26Br2O2. The maximum atomic E-state index is 5.27. The molecule has 0 aromatic heterocycles. The van der Waals surface area contributed by atoms with Crippen LogP contribution in [0.3, 0.4) is 0 Å². The molecule has 4 heteroatoms. The zero-order valence-electron chi connectivity index (χ0n) is 15.3. The summed E-state index contributed by atoms with van der Waals surface area (Å²) in [6, 6.07) is 12.5. The Hall–Kier alpha value is -1.00. The summed E-state index contributed by atoms with van der Waals surface area (Å²) in [5.74, 6) is 3.02. The molecule has 25 heavy (non-hydrogen) atoms. The molecule has 0 aliphatic heterocycles. The lowest BCUT2D eigenvalue weighted by Crippen LogP contribution is -2.09. The van der Waals surface area contributed by atoms with Gasteiger partial charge in [-0.05, 0) is 66.5 Å². The van der Waals surface area contributed by atoms with E-state index in [9.17, 15) is 0 Å². The van der Waals surface area contributed by atoms with Gasteiger partial charge in [0.15, 0.2) is 0 Å². The number of rotatable bonds is 8. The quantitative estimate of drug-likeness (QED) is 0.429. The summed E-state index contributed by atoms with van der Waals surface area (Å²) in [7, 11) is 3.39. The van der Waals surface area contributed by atoms with Gasteiger partial charge in [-0.15, -0.1) is 0 Å². The molecule has 2 atom stereocenters. The van der Waals surface area contributed by atoms with Gasteiger partial charge in [0.1, 0.15) is 11.5 Å². The van der Waals surface area contributed by atoms with E-state index in [2.05, 4.69) is 57.8 Å². The van der Waals surface area contributed by atoms with E-state index in [4.69, 9.17) is 9.47 Å². The summed E-state index contributed by atoms with van der Waals surface area (Å²) in [6.45, 7) is 4.66. The highest BCUT2D eigenvalue weighted by Gasteiger charge is 2.14. The molecule has 0 saturated carbocycles. The fourth-order valence-electron chi connectivity index (χ4n) is 3.25. The Labute approximate surface area is 168 Å². The van der Waals surface area contributed by atoms with Crippen LogP contribution in [0.5, 0.6) is 11.5 Å². The summed E-state index contributed by atoms with van der Waals surface area (Å²) < 4.78 is 12.8. The zero-order chi connectivity index (χ0) is 18.4. The second kappa shape index (κ2) is 9.63. The van der Waals surface area contributed by atoms with Crippen molar-refractivity contribution in [1.29, 1.82) is 0 Å². The van der Waals surface area contributed by atoms with Crippen molar-refractivity contribution >= 4 is 31.9 Å². The molecule has 2 unspecified atom stereocenters. The van der Waals surface area contributed by atoms with Gasteiger partial charge in [0.05, 0.1) is 14.2 Å². The van der Waals surface area contributed by atoms with Crippen molar-refractivity contribution in [2.24, 2.45) is 11.8 Å². The minimum absolute atomic E-state index is 0.622. The Balaban J connectivity index is 1.92. The summed E-state index contributed by atoms with van der Waals surface area (Å²) in [5, 5.41) is 0. The summed E-state index contributed by atoms with van der Waals surface area (Å²) in [6.07, 6.45) is 3.33. The number of methoxy groups -OCH3 is 2. The van der Waals surface area contributed by atoms with Crippen molar-refractivity contribution in [3.8, 4) is 11.5 Å². The maximum Gasteiger partial charge on any atom is 0.120 e. The molecule has 0 aliphatic rings. The van der Waals surface area contributed by atoms with E-state index in [0.29, 0.717) is 11.8 Å². The minimum Gasteiger partial charge on any atom is -0.497 e. The van der Waals surface area contributed by atoms with Crippen molar-refractivity contribution in [2.45, 2.75) is 33.1 Å². The highest BCUT2D eigenvalue weighted by Crippen LogP contribution is 2.29. The molecule has 0 heterocycles. The van der Waals surface area contributed by atoms with Crippen molar-refractivity contribution in [2.75, 3.05) is 14.2 Å². The highest BCUT2D eigenvalue weighted by atomic mass is 79.9. The smallest absolute Gasteiger partial charge is 0.120 e. The first-order chi connectivity index (χ1) is 11.9.